The minimum Gasteiger partial charge on any atom is -0.378 e. The monoisotopic (exact) mass is 423 g/mol. The molecule has 2 unspecified atom stereocenters. The summed E-state index contributed by atoms with van der Waals surface area (Å²) in [5, 5.41) is 3.57. The van der Waals surface area contributed by atoms with Gasteiger partial charge in [0.15, 0.2) is 12.4 Å². The van der Waals surface area contributed by atoms with Gasteiger partial charge in [-0.05, 0) is 42.5 Å². The lowest BCUT2D eigenvalue weighted by Gasteiger charge is -2.27. The number of carbonyl (C=O) groups is 1. The number of hydrogen-bond acceptors (Lipinski definition) is 2. The van der Waals surface area contributed by atoms with Gasteiger partial charge in [0.1, 0.15) is 0 Å². The summed E-state index contributed by atoms with van der Waals surface area (Å²) in [5.41, 5.74) is 3.52. The van der Waals surface area contributed by atoms with E-state index in [1.165, 1.54) is 11.6 Å². The van der Waals surface area contributed by atoms with Gasteiger partial charge >= 0.3 is 6.18 Å². The molecule has 2 atom stereocenters. The average Bonchev–Trinajstić information content (AvgIpc) is 2.78. The molecule has 0 amide bonds. The highest BCUT2D eigenvalue weighted by Crippen LogP contribution is 2.35. The normalized spacial score (nSPS) is 20.5. The fraction of sp³-hybridized carbons (Fsp3) is 0.280. The van der Waals surface area contributed by atoms with Crippen molar-refractivity contribution in [1.29, 1.82) is 0 Å². The first-order chi connectivity index (χ1) is 14.9. The van der Waals surface area contributed by atoms with Crippen molar-refractivity contribution in [3.05, 3.63) is 94.8 Å². The van der Waals surface area contributed by atoms with Gasteiger partial charge in [-0.25, -0.2) is 0 Å². The Morgan fingerprint density at radius 2 is 1.71 bits per heavy atom. The molecule has 0 bridgehead atoms. The first kappa shape index (κ1) is 19.8. The number of ketones is 1. The molecule has 6 heteroatoms. The molecule has 2 aromatic carbocycles. The molecule has 2 aliphatic rings. The molecule has 1 aliphatic carbocycles. The van der Waals surface area contributed by atoms with Crippen molar-refractivity contribution in [2.75, 3.05) is 5.32 Å². The van der Waals surface area contributed by atoms with Crippen molar-refractivity contribution in [3.8, 4) is 0 Å². The fourth-order valence-corrected chi connectivity index (χ4v) is 4.68. The molecule has 3 aromatic rings. The largest absolute Gasteiger partial charge is 0.416 e. The van der Waals surface area contributed by atoms with E-state index in [0.717, 1.165) is 36.2 Å². The first-order valence-electron chi connectivity index (χ1n) is 10.5. The zero-order valence-electron chi connectivity index (χ0n) is 16.8. The van der Waals surface area contributed by atoms with E-state index in [1.54, 1.807) is 0 Å². The van der Waals surface area contributed by atoms with Gasteiger partial charge in [0.05, 0.1) is 11.6 Å². The summed E-state index contributed by atoms with van der Waals surface area (Å²) in [7, 11) is 0. The Bertz CT molecular complexity index is 1140. The highest BCUT2D eigenvalue weighted by molar-refractivity contribution is 6.00. The number of alkyl halides is 3. The summed E-state index contributed by atoms with van der Waals surface area (Å²) < 4.78 is 41.2. The van der Waals surface area contributed by atoms with Crippen molar-refractivity contribution in [2.24, 2.45) is 0 Å². The van der Waals surface area contributed by atoms with Crippen molar-refractivity contribution < 1.29 is 22.5 Å². The predicted octanol–water partition coefficient (Wildman–Crippen LogP) is 5.46. The molecule has 0 radical (unpaired) electrons. The summed E-state index contributed by atoms with van der Waals surface area (Å²) in [5.74, 6) is -0.247. The van der Waals surface area contributed by atoms with E-state index < -0.39 is 17.8 Å². The number of fused-ring (bicyclic) bond motifs is 2. The van der Waals surface area contributed by atoms with Gasteiger partial charge in [-0.3, -0.25) is 4.79 Å². The van der Waals surface area contributed by atoms with E-state index in [-0.39, 0.29) is 17.4 Å². The first-order valence-corrected chi connectivity index (χ1v) is 10.5. The third kappa shape index (κ3) is 3.71. The van der Waals surface area contributed by atoms with Crippen LogP contribution in [0.5, 0.6) is 0 Å². The number of pyridine rings is 1. The van der Waals surface area contributed by atoms with Crippen LogP contribution in [-0.2, 0) is 19.0 Å². The van der Waals surface area contributed by atoms with E-state index >= 15 is 0 Å². The number of aromatic nitrogens is 1. The molecule has 158 valence electrons. The number of aryl methyl sites for hydroxylation is 2. The van der Waals surface area contributed by atoms with Crippen LogP contribution in [0.4, 0.5) is 18.9 Å². The van der Waals surface area contributed by atoms with Gasteiger partial charge in [0.25, 0.3) is 0 Å². The molecule has 1 N–H and O–H groups in total. The molecular formula is C25H22F3N2O+. The fourth-order valence-electron chi connectivity index (χ4n) is 4.68. The number of halogens is 3. The highest BCUT2D eigenvalue weighted by Gasteiger charge is 2.38. The van der Waals surface area contributed by atoms with Crippen molar-refractivity contribution in [1.82, 2.24) is 0 Å². The molecule has 1 aliphatic heterocycles. The number of nitrogens with zero attached hydrogens (tertiary/aromatic N) is 1. The van der Waals surface area contributed by atoms with Crippen molar-refractivity contribution in [2.45, 2.75) is 43.9 Å². The topological polar surface area (TPSA) is 33.0 Å². The molecule has 31 heavy (non-hydrogen) atoms. The third-order valence-corrected chi connectivity index (χ3v) is 6.35. The van der Waals surface area contributed by atoms with E-state index in [4.69, 9.17) is 0 Å². The van der Waals surface area contributed by atoms with Gasteiger partial charge in [0, 0.05) is 29.3 Å². The van der Waals surface area contributed by atoms with E-state index in [2.05, 4.69) is 17.4 Å². The number of hydrogen-bond donors (Lipinski definition) is 1. The lowest BCUT2D eigenvalue weighted by molar-refractivity contribution is -0.709. The van der Waals surface area contributed by atoms with Crippen LogP contribution in [0, 0.1) is 0 Å². The average molecular weight is 423 g/mol. The SMILES string of the molecule is O=C1c2cc(C(F)(F)F)ccc2CCC1[n+]1ccc2c(c1)CCC(c1ccccc1)N2. The zero-order valence-corrected chi connectivity index (χ0v) is 16.8. The van der Waals surface area contributed by atoms with Crippen LogP contribution in [-0.4, -0.2) is 5.78 Å². The molecule has 1 aromatic heterocycles. The standard InChI is InChI=1S/C25H21F3N2O/c26-25(27,28)19-9-6-16-8-11-23(24(31)20(16)14-19)30-13-12-22-18(15-30)7-10-21(29-22)17-4-2-1-3-5-17/h1-6,9,12-15,21,23H,7-8,10-11H2/p+1. The van der Waals surface area contributed by atoms with Crippen LogP contribution in [0.25, 0.3) is 0 Å². The summed E-state index contributed by atoms with van der Waals surface area (Å²) in [6.07, 6.45) is 2.37. The van der Waals surface area contributed by atoms with Crippen LogP contribution in [0.15, 0.2) is 67.0 Å². The molecular weight excluding hydrogens is 401 g/mol. The molecule has 2 heterocycles. The molecule has 3 nitrogen and oxygen atoms in total. The second-order valence-electron chi connectivity index (χ2n) is 8.27. The number of Topliss-reactive ketones (excluding diaryl/α,β-unsaturated/α-hetero) is 1. The molecule has 5 rings (SSSR count). The minimum absolute atomic E-state index is 0.193. The van der Waals surface area contributed by atoms with Crippen LogP contribution in [0.1, 0.15) is 57.5 Å². The summed E-state index contributed by atoms with van der Waals surface area (Å²) in [4.78, 5) is 13.1. The summed E-state index contributed by atoms with van der Waals surface area (Å²) in [6, 6.07) is 15.5. The van der Waals surface area contributed by atoms with Crippen molar-refractivity contribution >= 4 is 11.5 Å². The van der Waals surface area contributed by atoms with Crippen LogP contribution < -0.4 is 9.88 Å². The number of anilines is 1. The Kier molecular flexibility index (Phi) is 4.80. The van der Waals surface area contributed by atoms with Gasteiger partial charge in [-0.1, -0.05) is 36.4 Å². The maximum Gasteiger partial charge on any atom is 0.416 e. The van der Waals surface area contributed by atoms with Crippen LogP contribution in [0.3, 0.4) is 0 Å². The Balaban J connectivity index is 1.40. The van der Waals surface area contributed by atoms with Crippen molar-refractivity contribution in [3.63, 3.8) is 0 Å². The summed E-state index contributed by atoms with van der Waals surface area (Å²) >= 11 is 0. The highest BCUT2D eigenvalue weighted by atomic mass is 19.4. The lowest BCUT2D eigenvalue weighted by Crippen LogP contribution is -2.46. The van der Waals surface area contributed by atoms with Gasteiger partial charge < -0.3 is 5.32 Å². The number of benzene rings is 2. The molecule has 0 saturated carbocycles. The Labute approximate surface area is 178 Å². The smallest absolute Gasteiger partial charge is 0.378 e. The maximum atomic E-state index is 13.1. The van der Waals surface area contributed by atoms with Gasteiger partial charge in [0.2, 0.25) is 11.8 Å². The maximum absolute atomic E-state index is 13.1. The quantitative estimate of drug-likeness (QED) is 0.555. The van der Waals surface area contributed by atoms with Crippen LogP contribution in [0.2, 0.25) is 0 Å². The van der Waals surface area contributed by atoms with E-state index in [1.807, 2.05) is 41.2 Å². The Hall–Kier alpha value is -3.15. The molecule has 0 spiro atoms. The second-order valence-corrected chi connectivity index (χ2v) is 8.27. The van der Waals surface area contributed by atoms with Crippen LogP contribution >= 0.6 is 0 Å². The number of rotatable bonds is 2. The minimum atomic E-state index is -4.46. The number of nitrogens with one attached hydrogen (secondary N) is 1. The summed E-state index contributed by atoms with van der Waals surface area (Å²) in [6.45, 7) is 0. The van der Waals surface area contributed by atoms with E-state index in [0.29, 0.717) is 18.4 Å². The Morgan fingerprint density at radius 1 is 0.935 bits per heavy atom. The molecule has 0 fully saturated rings. The third-order valence-electron chi connectivity index (χ3n) is 6.35. The Morgan fingerprint density at radius 3 is 2.48 bits per heavy atom. The zero-order chi connectivity index (χ0) is 21.6. The second kappa shape index (κ2) is 7.52. The van der Waals surface area contributed by atoms with Gasteiger partial charge in [-0.15, -0.1) is 0 Å². The van der Waals surface area contributed by atoms with Gasteiger partial charge in [-0.2, -0.15) is 17.7 Å². The number of carbonyl (C=O) groups excluding carboxylic acids is 1. The van der Waals surface area contributed by atoms with E-state index in [9.17, 15) is 18.0 Å². The lowest BCUT2D eigenvalue weighted by atomic mass is 9.85. The predicted molar refractivity (Wildman–Crippen MR) is 111 cm³/mol. The molecule has 0 saturated heterocycles.